The number of para-hydroxylation sites is 1. The van der Waals surface area contributed by atoms with E-state index in [0.29, 0.717) is 19.6 Å². The Morgan fingerprint density at radius 2 is 1.96 bits per heavy atom. The SMILES string of the molecule is CCNC(=NCCCN(C)c1ccccc1)N1CCS(=O)(=O)C(C)(C)C1.I. The Balaban J connectivity index is 0.00000364. The molecule has 1 aromatic rings. The number of aliphatic imine (C=N–C) groups is 1. The molecular weight excluding hydrogens is 475 g/mol. The van der Waals surface area contributed by atoms with Crippen LogP contribution >= 0.6 is 24.0 Å². The van der Waals surface area contributed by atoms with Crippen molar-refractivity contribution in [2.45, 2.75) is 31.9 Å². The maximum absolute atomic E-state index is 12.2. The number of rotatable bonds is 6. The van der Waals surface area contributed by atoms with Crippen molar-refractivity contribution in [1.29, 1.82) is 0 Å². The van der Waals surface area contributed by atoms with Gasteiger partial charge < -0.3 is 15.1 Å². The Morgan fingerprint density at radius 3 is 2.56 bits per heavy atom. The van der Waals surface area contributed by atoms with Crippen molar-refractivity contribution in [3.63, 3.8) is 0 Å². The molecule has 1 fully saturated rings. The summed E-state index contributed by atoms with van der Waals surface area (Å²) in [5.41, 5.74) is 1.20. The molecule has 1 saturated heterocycles. The number of nitrogens with one attached hydrogen (secondary N) is 1. The molecule has 1 N–H and O–H groups in total. The van der Waals surface area contributed by atoms with E-state index in [2.05, 4.69) is 34.3 Å². The normalized spacial score (nSPS) is 18.5. The molecule has 0 radical (unpaired) electrons. The molecule has 0 unspecified atom stereocenters. The van der Waals surface area contributed by atoms with Crippen LogP contribution in [0.3, 0.4) is 0 Å². The van der Waals surface area contributed by atoms with Crippen LogP contribution in [0, 0.1) is 0 Å². The summed E-state index contributed by atoms with van der Waals surface area (Å²) in [6.07, 6.45) is 0.940. The number of sulfone groups is 1. The van der Waals surface area contributed by atoms with Gasteiger partial charge in [-0.2, -0.15) is 0 Å². The van der Waals surface area contributed by atoms with Gasteiger partial charge in [-0.3, -0.25) is 4.99 Å². The number of hydrogen-bond acceptors (Lipinski definition) is 4. The molecule has 2 rings (SSSR count). The van der Waals surface area contributed by atoms with Crippen molar-refractivity contribution in [3.8, 4) is 0 Å². The molecule has 1 aliphatic rings. The Morgan fingerprint density at radius 1 is 1.30 bits per heavy atom. The molecule has 27 heavy (non-hydrogen) atoms. The average molecular weight is 508 g/mol. The monoisotopic (exact) mass is 508 g/mol. The number of anilines is 1. The lowest BCUT2D eigenvalue weighted by molar-refractivity contribution is 0.353. The highest BCUT2D eigenvalue weighted by Crippen LogP contribution is 2.23. The van der Waals surface area contributed by atoms with Crippen molar-refractivity contribution < 1.29 is 8.42 Å². The van der Waals surface area contributed by atoms with E-state index in [1.54, 1.807) is 13.8 Å². The van der Waals surface area contributed by atoms with E-state index in [1.165, 1.54) is 5.69 Å². The molecule has 0 saturated carbocycles. The fourth-order valence-electron chi connectivity index (χ4n) is 3.05. The number of nitrogens with zero attached hydrogens (tertiary/aromatic N) is 3. The zero-order valence-electron chi connectivity index (χ0n) is 16.8. The average Bonchev–Trinajstić information content (AvgIpc) is 2.60. The Bertz CT molecular complexity index is 708. The smallest absolute Gasteiger partial charge is 0.193 e. The highest BCUT2D eigenvalue weighted by atomic mass is 127. The van der Waals surface area contributed by atoms with Crippen LogP contribution in [0.4, 0.5) is 5.69 Å². The maximum atomic E-state index is 12.2. The van der Waals surface area contributed by atoms with E-state index in [0.717, 1.165) is 25.5 Å². The van der Waals surface area contributed by atoms with Crippen LogP contribution < -0.4 is 10.2 Å². The third-order valence-electron chi connectivity index (χ3n) is 4.79. The van der Waals surface area contributed by atoms with Gasteiger partial charge in [0.25, 0.3) is 0 Å². The third-order valence-corrected chi connectivity index (χ3v) is 7.32. The molecule has 0 amide bonds. The standard InChI is InChI=1S/C19H32N4O2S.HI/c1-5-20-18(23-14-15-26(24,25)19(2,3)16-23)21-12-9-13-22(4)17-10-7-6-8-11-17;/h6-8,10-11H,5,9,12-16H2,1-4H3,(H,20,21);1H. The van der Waals surface area contributed by atoms with Crippen molar-refractivity contribution in [3.05, 3.63) is 30.3 Å². The van der Waals surface area contributed by atoms with Crippen molar-refractivity contribution in [2.75, 3.05) is 50.4 Å². The molecule has 0 aliphatic carbocycles. The first-order valence-corrected chi connectivity index (χ1v) is 10.9. The van der Waals surface area contributed by atoms with Crippen LogP contribution in [0.15, 0.2) is 35.3 Å². The molecule has 1 aliphatic heterocycles. The second-order valence-corrected chi connectivity index (χ2v) is 10.1. The second-order valence-electron chi connectivity index (χ2n) is 7.35. The van der Waals surface area contributed by atoms with Gasteiger partial charge in [0.1, 0.15) is 0 Å². The zero-order valence-corrected chi connectivity index (χ0v) is 20.0. The van der Waals surface area contributed by atoms with Gasteiger partial charge in [0, 0.05) is 45.5 Å². The molecule has 0 bridgehead atoms. The summed E-state index contributed by atoms with van der Waals surface area (Å²) in [4.78, 5) is 9.02. The van der Waals surface area contributed by atoms with Gasteiger partial charge >= 0.3 is 0 Å². The molecule has 8 heteroatoms. The molecule has 0 aromatic heterocycles. The summed E-state index contributed by atoms with van der Waals surface area (Å²) in [6.45, 7) is 9.01. The summed E-state index contributed by atoms with van der Waals surface area (Å²) in [6, 6.07) is 10.3. The Labute approximate surface area is 181 Å². The zero-order chi connectivity index (χ0) is 19.2. The van der Waals surface area contributed by atoms with Gasteiger partial charge in [0.05, 0.1) is 10.5 Å². The topological polar surface area (TPSA) is 65.0 Å². The predicted molar refractivity (Wildman–Crippen MR) is 125 cm³/mol. The van der Waals surface area contributed by atoms with E-state index < -0.39 is 14.6 Å². The number of benzene rings is 1. The van der Waals surface area contributed by atoms with Gasteiger partial charge in [-0.25, -0.2) is 8.42 Å². The first-order valence-electron chi connectivity index (χ1n) is 9.28. The van der Waals surface area contributed by atoms with E-state index in [1.807, 2.05) is 25.1 Å². The molecule has 1 heterocycles. The van der Waals surface area contributed by atoms with E-state index in [-0.39, 0.29) is 29.7 Å². The van der Waals surface area contributed by atoms with Crippen molar-refractivity contribution in [2.24, 2.45) is 4.99 Å². The van der Waals surface area contributed by atoms with Crippen LogP contribution in [-0.4, -0.2) is 69.5 Å². The van der Waals surface area contributed by atoms with E-state index in [9.17, 15) is 8.42 Å². The van der Waals surface area contributed by atoms with Gasteiger partial charge in [0.2, 0.25) is 0 Å². The number of hydrogen-bond donors (Lipinski definition) is 1. The minimum atomic E-state index is -3.04. The van der Waals surface area contributed by atoms with Crippen LogP contribution in [0.25, 0.3) is 0 Å². The molecular formula is C19H33IN4O2S. The maximum Gasteiger partial charge on any atom is 0.193 e. The Kier molecular flexibility index (Phi) is 9.33. The molecule has 0 spiro atoms. The molecule has 1 aromatic carbocycles. The lowest BCUT2D eigenvalue weighted by atomic mass is 10.2. The van der Waals surface area contributed by atoms with Crippen LogP contribution in [0.1, 0.15) is 27.2 Å². The van der Waals surface area contributed by atoms with E-state index in [4.69, 9.17) is 4.99 Å². The lowest BCUT2D eigenvalue weighted by Gasteiger charge is -2.39. The quantitative estimate of drug-likeness (QED) is 0.277. The van der Waals surface area contributed by atoms with Gasteiger partial charge in [-0.15, -0.1) is 24.0 Å². The predicted octanol–water partition coefficient (Wildman–Crippen LogP) is 2.61. The summed E-state index contributed by atoms with van der Waals surface area (Å²) in [5, 5.41) is 3.30. The van der Waals surface area contributed by atoms with Gasteiger partial charge in [-0.05, 0) is 39.3 Å². The highest BCUT2D eigenvalue weighted by Gasteiger charge is 2.40. The summed E-state index contributed by atoms with van der Waals surface area (Å²) >= 11 is 0. The van der Waals surface area contributed by atoms with Crippen molar-refractivity contribution >= 4 is 45.5 Å². The second kappa shape index (κ2) is 10.5. The van der Waals surface area contributed by atoms with Crippen molar-refractivity contribution in [1.82, 2.24) is 10.2 Å². The number of halogens is 1. The summed E-state index contributed by atoms with van der Waals surface area (Å²) in [7, 11) is -0.955. The lowest BCUT2D eigenvalue weighted by Crippen LogP contribution is -2.57. The fraction of sp³-hybridized carbons (Fsp3) is 0.632. The van der Waals surface area contributed by atoms with Crippen LogP contribution in [0.5, 0.6) is 0 Å². The first kappa shape index (κ1) is 24.0. The first-order chi connectivity index (χ1) is 12.3. The third kappa shape index (κ3) is 6.51. The minimum absolute atomic E-state index is 0. The van der Waals surface area contributed by atoms with Crippen LogP contribution in [-0.2, 0) is 9.84 Å². The molecule has 6 nitrogen and oxygen atoms in total. The molecule has 154 valence electrons. The Hall–Kier alpha value is -1.03. The fourth-order valence-corrected chi connectivity index (χ4v) is 4.42. The highest BCUT2D eigenvalue weighted by molar-refractivity contribution is 14.0. The summed E-state index contributed by atoms with van der Waals surface area (Å²) < 4.78 is 23.7. The molecule has 0 atom stereocenters. The van der Waals surface area contributed by atoms with Gasteiger partial charge in [0.15, 0.2) is 15.8 Å². The largest absolute Gasteiger partial charge is 0.375 e. The van der Waals surface area contributed by atoms with Crippen LogP contribution in [0.2, 0.25) is 0 Å². The summed E-state index contributed by atoms with van der Waals surface area (Å²) in [5.74, 6) is 0.999. The van der Waals surface area contributed by atoms with E-state index >= 15 is 0 Å². The number of guanidine groups is 1. The minimum Gasteiger partial charge on any atom is -0.375 e. The van der Waals surface area contributed by atoms with Gasteiger partial charge in [-0.1, -0.05) is 18.2 Å².